The van der Waals surface area contributed by atoms with Crippen molar-refractivity contribution in [1.82, 2.24) is 4.58 Å². The van der Waals surface area contributed by atoms with Gasteiger partial charge in [-0.3, -0.25) is 4.79 Å². The number of hydrogen-bond acceptors (Lipinski definition) is 6. The van der Waals surface area contributed by atoms with Crippen molar-refractivity contribution in [2.45, 2.75) is 60.1 Å². The van der Waals surface area contributed by atoms with E-state index in [9.17, 15) is 4.79 Å². The number of carbonyl (C=O) groups excluding carboxylic acids is 1. The van der Waals surface area contributed by atoms with E-state index in [1.807, 2.05) is 36.4 Å². The first-order chi connectivity index (χ1) is 27.4. The summed E-state index contributed by atoms with van der Waals surface area (Å²) in [6.07, 6.45) is 0.269. The quantitative estimate of drug-likeness (QED) is 0.124. The number of nitrogens with zero attached hydrogens (tertiary/aromatic N) is 4. The molecule has 294 valence electrons. The Morgan fingerprint density at radius 3 is 2.14 bits per heavy atom. The Morgan fingerprint density at radius 2 is 1.42 bits per heavy atom. The van der Waals surface area contributed by atoms with Crippen LogP contribution in [0.4, 0.5) is 17.1 Å². The highest BCUT2D eigenvalue weighted by atomic mass is 35.5. The molecule has 1 N–H and O–H groups in total. The topological polar surface area (TPSA) is 73.3 Å². The molecule has 0 aromatic heterocycles. The van der Waals surface area contributed by atoms with E-state index in [-0.39, 0.29) is 30.5 Å². The van der Waals surface area contributed by atoms with Crippen molar-refractivity contribution in [3.8, 4) is 28.2 Å². The third-order valence-corrected chi connectivity index (χ3v) is 11.7. The minimum absolute atomic E-state index is 0. The fourth-order valence-corrected chi connectivity index (χ4v) is 8.68. The van der Waals surface area contributed by atoms with Crippen molar-refractivity contribution in [2.75, 3.05) is 54.4 Å². The van der Waals surface area contributed by atoms with Crippen LogP contribution in [-0.4, -0.2) is 57.0 Å². The minimum atomic E-state index is -0.279. The molecule has 2 unspecified atom stereocenters. The number of fused-ring (bicyclic) bond motifs is 6. The lowest BCUT2D eigenvalue weighted by molar-refractivity contribution is -0.0000208. The molecule has 4 aromatic rings. The van der Waals surface area contributed by atoms with Crippen molar-refractivity contribution >= 4 is 39.7 Å². The molecular formula is C48H52ClN5O3. The van der Waals surface area contributed by atoms with Gasteiger partial charge in [-0.25, -0.2) is 9.57 Å². The number of halogens is 1. The van der Waals surface area contributed by atoms with E-state index in [0.717, 1.165) is 118 Å². The van der Waals surface area contributed by atoms with Crippen LogP contribution in [0.25, 0.3) is 33.4 Å². The molecule has 4 aliphatic rings. The number of hydrogen-bond donors (Lipinski definition) is 1. The van der Waals surface area contributed by atoms with Gasteiger partial charge in [0.1, 0.15) is 36.3 Å². The van der Waals surface area contributed by atoms with Crippen LogP contribution in [0.2, 0.25) is 0 Å². The lowest BCUT2D eigenvalue weighted by Gasteiger charge is -2.40. The summed E-state index contributed by atoms with van der Waals surface area (Å²) in [4.78, 5) is 24.3. The lowest BCUT2D eigenvalue weighted by Crippen LogP contribution is -3.00. The number of ether oxygens (including phenoxy) is 1. The molecule has 0 saturated carbocycles. The molecule has 4 aromatic carbocycles. The summed E-state index contributed by atoms with van der Waals surface area (Å²) in [6.45, 7) is 18.4. The Bertz CT molecular complexity index is 2490. The Balaban J connectivity index is 0.00000496. The van der Waals surface area contributed by atoms with Gasteiger partial charge in [-0.2, -0.15) is 0 Å². The van der Waals surface area contributed by atoms with Crippen LogP contribution >= 0.6 is 0 Å². The summed E-state index contributed by atoms with van der Waals surface area (Å²) in [5.74, 6) is 1.33. The van der Waals surface area contributed by atoms with Crippen molar-refractivity contribution in [2.24, 2.45) is 4.99 Å². The predicted molar refractivity (Wildman–Crippen MR) is 231 cm³/mol. The van der Waals surface area contributed by atoms with Gasteiger partial charge >= 0.3 is 0 Å². The first kappa shape index (κ1) is 39.6. The molecular weight excluding hydrogens is 730 g/mol. The summed E-state index contributed by atoms with van der Waals surface area (Å²) in [6, 6.07) is 35.3. The summed E-state index contributed by atoms with van der Waals surface area (Å²) in [5, 5.41) is 5.82. The van der Waals surface area contributed by atoms with Gasteiger partial charge in [0.25, 0.3) is 5.91 Å². The summed E-state index contributed by atoms with van der Waals surface area (Å²) in [7, 11) is 0. The van der Waals surface area contributed by atoms with Gasteiger partial charge in [0.2, 0.25) is 5.36 Å². The molecule has 0 spiro atoms. The van der Waals surface area contributed by atoms with Crippen molar-refractivity contribution < 1.29 is 26.4 Å². The van der Waals surface area contributed by atoms with E-state index in [1.165, 1.54) is 0 Å². The van der Waals surface area contributed by atoms with Crippen LogP contribution < -0.4 is 42.2 Å². The van der Waals surface area contributed by atoms with E-state index in [0.29, 0.717) is 12.0 Å². The van der Waals surface area contributed by atoms with Gasteiger partial charge in [-0.15, -0.1) is 0 Å². The molecule has 9 heteroatoms. The number of amides is 1. The SMILES string of the molecule is CCN(CC)c1ccc2c(c1)OC1CC(=NC(=O)c3ccccc3-c3c4ccc(=[N+](CC)CC)cc-4oc4cc(N(CC)CC)ccc34)c3ccccc3C1N2.[Cl-]. The molecule has 8 rings (SSSR count). The number of aliphatic imine (C=N–C) groups is 1. The molecule has 0 fully saturated rings. The van der Waals surface area contributed by atoms with Crippen LogP contribution in [-0.2, 0) is 0 Å². The zero-order valence-electron chi connectivity index (χ0n) is 33.8. The first-order valence-corrected chi connectivity index (χ1v) is 20.4. The summed E-state index contributed by atoms with van der Waals surface area (Å²) >= 11 is 0. The molecule has 1 amide bonds. The van der Waals surface area contributed by atoms with Crippen LogP contribution in [0.15, 0.2) is 113 Å². The Kier molecular flexibility index (Phi) is 11.7. The zero-order valence-corrected chi connectivity index (χ0v) is 34.6. The fourth-order valence-electron chi connectivity index (χ4n) is 8.68. The van der Waals surface area contributed by atoms with Gasteiger partial charge in [-0.05, 0) is 89.1 Å². The second-order valence-corrected chi connectivity index (χ2v) is 14.5. The van der Waals surface area contributed by atoms with Crippen molar-refractivity contribution in [3.63, 3.8) is 0 Å². The maximum absolute atomic E-state index is 14.7. The monoisotopic (exact) mass is 781 g/mol. The smallest absolute Gasteiger partial charge is 0.277 e. The predicted octanol–water partition coefficient (Wildman–Crippen LogP) is 6.66. The number of benzene rings is 5. The Morgan fingerprint density at radius 1 is 0.754 bits per heavy atom. The highest BCUT2D eigenvalue weighted by molar-refractivity contribution is 6.15. The number of nitrogens with one attached hydrogen (secondary N) is 1. The summed E-state index contributed by atoms with van der Waals surface area (Å²) < 4.78 is 15.8. The van der Waals surface area contributed by atoms with Crippen LogP contribution in [0.5, 0.6) is 5.75 Å². The summed E-state index contributed by atoms with van der Waals surface area (Å²) in [5.41, 5.74) is 10.1. The van der Waals surface area contributed by atoms with Gasteiger partial charge in [0.15, 0.2) is 0 Å². The molecule has 8 nitrogen and oxygen atoms in total. The van der Waals surface area contributed by atoms with Crippen LogP contribution in [0.1, 0.15) is 75.5 Å². The Hall–Kier alpha value is -5.60. The molecule has 2 atom stereocenters. The molecule has 57 heavy (non-hydrogen) atoms. The molecule has 2 aliphatic heterocycles. The van der Waals surface area contributed by atoms with Gasteiger partial charge in [0.05, 0.1) is 23.5 Å². The van der Waals surface area contributed by atoms with Crippen LogP contribution in [0.3, 0.4) is 0 Å². The van der Waals surface area contributed by atoms with E-state index in [4.69, 9.17) is 14.1 Å². The lowest BCUT2D eigenvalue weighted by atomic mass is 9.83. The standard InChI is InChI=1S/C48H51N5O3.ClH/c1-7-51(8-2)31-21-24-38-42(27-31)55-43-28-32(52(9-3)10-4)22-25-39(43)46(38)35-18-14-16-20-37(35)48(54)50-41-30-45-47(36-19-15-13-17-34(36)41)49-40-26-23-33(29-44(40)56-45)53(11-5)12-6;/h13-29,45,47H,7-12,30H2,1-6H3;1H. The average Bonchev–Trinajstić information content (AvgIpc) is 3.23. The number of carbonyl (C=O) groups is 1. The van der Waals surface area contributed by atoms with Gasteiger partial charge in [-0.1, -0.05) is 42.5 Å². The van der Waals surface area contributed by atoms with E-state index in [1.54, 1.807) is 0 Å². The normalized spacial score (nSPS) is 16.1. The average molecular weight is 782 g/mol. The molecule has 2 aliphatic carbocycles. The van der Waals surface area contributed by atoms with Gasteiger partial charge in [0, 0.05) is 89.8 Å². The van der Waals surface area contributed by atoms with E-state index in [2.05, 4.69) is 128 Å². The van der Waals surface area contributed by atoms with E-state index >= 15 is 0 Å². The minimum Gasteiger partial charge on any atom is -1.00 e. The van der Waals surface area contributed by atoms with E-state index < -0.39 is 0 Å². The van der Waals surface area contributed by atoms with Gasteiger partial charge < -0.3 is 36.7 Å². The maximum atomic E-state index is 14.7. The second-order valence-electron chi connectivity index (χ2n) is 14.5. The van der Waals surface area contributed by atoms with Crippen molar-refractivity contribution in [3.05, 3.63) is 125 Å². The molecule has 2 heterocycles. The molecule has 0 saturated heterocycles. The molecule has 0 radical (unpaired) electrons. The fraction of sp³-hybridized carbons (Fsp3) is 0.312. The zero-order chi connectivity index (χ0) is 38.9. The second kappa shape index (κ2) is 16.9. The third kappa shape index (κ3) is 7.27. The first-order valence-electron chi connectivity index (χ1n) is 20.4. The maximum Gasteiger partial charge on any atom is 0.277 e. The Labute approximate surface area is 342 Å². The highest BCUT2D eigenvalue weighted by Crippen LogP contribution is 2.45. The molecule has 0 bridgehead atoms. The van der Waals surface area contributed by atoms with Crippen molar-refractivity contribution in [1.29, 1.82) is 0 Å². The highest BCUT2D eigenvalue weighted by Gasteiger charge is 2.38. The number of anilines is 3. The largest absolute Gasteiger partial charge is 1.00 e. The number of rotatable bonds is 10. The van der Waals surface area contributed by atoms with Crippen LogP contribution in [0, 0.1) is 0 Å². The third-order valence-electron chi connectivity index (χ3n) is 11.7.